The Morgan fingerprint density at radius 1 is 1.61 bits per heavy atom. The van der Waals surface area contributed by atoms with Gasteiger partial charge in [0.05, 0.1) is 12.3 Å². The van der Waals surface area contributed by atoms with Crippen LogP contribution in [0.1, 0.15) is 55.8 Å². The zero-order valence-electron chi connectivity index (χ0n) is 11.3. The molecule has 1 aromatic rings. The van der Waals surface area contributed by atoms with Gasteiger partial charge in [0.25, 0.3) is 0 Å². The summed E-state index contributed by atoms with van der Waals surface area (Å²) in [5.74, 6) is 0.568. The zero-order chi connectivity index (χ0) is 12.5. The van der Waals surface area contributed by atoms with Crippen LogP contribution in [0.2, 0.25) is 0 Å². The molecule has 100 valence electrons. The fraction of sp³-hybridized carbons (Fsp3) is 0.786. The molecule has 2 saturated heterocycles. The number of nitrogens with zero attached hydrogens (tertiary/aromatic N) is 2. The van der Waals surface area contributed by atoms with Crippen molar-refractivity contribution in [2.45, 2.75) is 51.2 Å². The fourth-order valence-electron chi connectivity index (χ4n) is 2.85. The van der Waals surface area contributed by atoms with Crippen molar-refractivity contribution in [3.63, 3.8) is 0 Å². The number of ether oxygens (including phenoxy) is 1. The second kappa shape index (κ2) is 5.27. The number of rotatable bonds is 3. The maximum absolute atomic E-state index is 6.01. The lowest BCUT2D eigenvalue weighted by Crippen LogP contribution is -2.42. The maximum Gasteiger partial charge on any atom is 0.123 e. The maximum atomic E-state index is 6.01. The van der Waals surface area contributed by atoms with Gasteiger partial charge in [-0.15, -0.1) is 11.3 Å². The fourth-order valence-corrected chi connectivity index (χ4v) is 3.83. The molecule has 3 unspecified atom stereocenters. The van der Waals surface area contributed by atoms with Gasteiger partial charge < -0.3 is 4.74 Å². The molecule has 2 aliphatic heterocycles. The Hall–Kier alpha value is -0.450. The summed E-state index contributed by atoms with van der Waals surface area (Å²) in [6.07, 6.45) is 4.00. The van der Waals surface area contributed by atoms with Gasteiger partial charge in [-0.2, -0.15) is 0 Å². The van der Waals surface area contributed by atoms with Gasteiger partial charge in [0.1, 0.15) is 11.1 Å². The third kappa shape index (κ3) is 2.33. The molecule has 0 bridgehead atoms. The SMILES string of the molecule is CCC(C)c1csc(C2CN3CCCC3CO2)n1. The van der Waals surface area contributed by atoms with Gasteiger partial charge in [-0.25, -0.2) is 4.98 Å². The molecular formula is C14H22N2OS. The smallest absolute Gasteiger partial charge is 0.123 e. The van der Waals surface area contributed by atoms with Crippen molar-refractivity contribution in [1.82, 2.24) is 9.88 Å². The minimum Gasteiger partial charge on any atom is -0.368 e. The first kappa shape index (κ1) is 12.6. The van der Waals surface area contributed by atoms with Crippen molar-refractivity contribution in [2.75, 3.05) is 19.7 Å². The lowest BCUT2D eigenvalue weighted by Gasteiger charge is -2.34. The van der Waals surface area contributed by atoms with Crippen LogP contribution < -0.4 is 0 Å². The summed E-state index contributed by atoms with van der Waals surface area (Å²) in [5.41, 5.74) is 1.24. The lowest BCUT2D eigenvalue weighted by atomic mass is 10.1. The Labute approximate surface area is 113 Å². The summed E-state index contributed by atoms with van der Waals surface area (Å²) < 4.78 is 6.01. The van der Waals surface area contributed by atoms with Crippen molar-refractivity contribution < 1.29 is 4.74 Å². The molecule has 1 aromatic heterocycles. The van der Waals surface area contributed by atoms with E-state index in [1.807, 2.05) is 0 Å². The number of hydrogen-bond donors (Lipinski definition) is 0. The molecule has 0 saturated carbocycles. The van der Waals surface area contributed by atoms with Gasteiger partial charge in [0.15, 0.2) is 0 Å². The van der Waals surface area contributed by atoms with Crippen LogP contribution in [0.3, 0.4) is 0 Å². The molecule has 2 fully saturated rings. The minimum atomic E-state index is 0.210. The second-order valence-electron chi connectivity index (χ2n) is 5.53. The molecule has 0 aromatic carbocycles. The van der Waals surface area contributed by atoms with Crippen LogP contribution in [-0.4, -0.2) is 35.6 Å². The Morgan fingerprint density at radius 2 is 2.50 bits per heavy atom. The molecule has 18 heavy (non-hydrogen) atoms. The first-order valence-corrected chi connectivity index (χ1v) is 7.97. The van der Waals surface area contributed by atoms with E-state index in [4.69, 9.17) is 9.72 Å². The lowest BCUT2D eigenvalue weighted by molar-refractivity contribution is -0.0503. The topological polar surface area (TPSA) is 25.4 Å². The van der Waals surface area contributed by atoms with E-state index in [0.717, 1.165) is 19.6 Å². The van der Waals surface area contributed by atoms with E-state index in [1.165, 1.54) is 30.1 Å². The van der Waals surface area contributed by atoms with Gasteiger partial charge in [0, 0.05) is 18.0 Å². The van der Waals surface area contributed by atoms with Crippen molar-refractivity contribution in [3.05, 3.63) is 16.1 Å². The van der Waals surface area contributed by atoms with Crippen LogP contribution in [0, 0.1) is 0 Å². The van der Waals surface area contributed by atoms with Gasteiger partial charge in [-0.05, 0) is 31.7 Å². The van der Waals surface area contributed by atoms with Crippen LogP contribution >= 0.6 is 11.3 Å². The molecule has 0 radical (unpaired) electrons. The van der Waals surface area contributed by atoms with Gasteiger partial charge in [-0.3, -0.25) is 4.90 Å². The molecule has 0 spiro atoms. The number of thiazole rings is 1. The highest BCUT2D eigenvalue weighted by atomic mass is 32.1. The predicted octanol–water partition coefficient (Wildman–Crippen LogP) is 3.19. The zero-order valence-corrected chi connectivity index (χ0v) is 12.1. The van der Waals surface area contributed by atoms with Crippen molar-refractivity contribution in [3.8, 4) is 0 Å². The third-order valence-corrected chi connectivity index (χ3v) is 5.28. The monoisotopic (exact) mass is 266 g/mol. The minimum absolute atomic E-state index is 0.210. The number of fused-ring (bicyclic) bond motifs is 1. The Balaban J connectivity index is 1.69. The van der Waals surface area contributed by atoms with Crippen molar-refractivity contribution >= 4 is 11.3 Å². The normalized spacial score (nSPS) is 30.3. The van der Waals surface area contributed by atoms with E-state index in [-0.39, 0.29) is 6.10 Å². The standard InChI is InChI=1S/C14H22N2OS/c1-3-10(2)12-9-18-14(15-12)13-7-16-6-4-5-11(16)8-17-13/h9-11,13H,3-8H2,1-2H3. The second-order valence-corrected chi connectivity index (χ2v) is 6.42. The van der Waals surface area contributed by atoms with Gasteiger partial charge >= 0.3 is 0 Å². The summed E-state index contributed by atoms with van der Waals surface area (Å²) >= 11 is 1.77. The number of morpholine rings is 1. The molecule has 0 aliphatic carbocycles. The van der Waals surface area contributed by atoms with E-state index < -0.39 is 0 Å². The van der Waals surface area contributed by atoms with Crippen LogP contribution in [0.4, 0.5) is 0 Å². The van der Waals surface area contributed by atoms with Crippen LogP contribution in [0.5, 0.6) is 0 Å². The molecule has 0 amide bonds. The molecule has 3 atom stereocenters. The van der Waals surface area contributed by atoms with E-state index in [2.05, 4.69) is 24.1 Å². The summed E-state index contributed by atoms with van der Waals surface area (Å²) in [6.45, 7) is 7.64. The Bertz CT molecular complexity index is 406. The first-order chi connectivity index (χ1) is 8.78. The summed E-state index contributed by atoms with van der Waals surface area (Å²) in [5, 5.41) is 3.39. The molecular weight excluding hydrogens is 244 g/mol. The van der Waals surface area contributed by atoms with Gasteiger partial charge in [0.2, 0.25) is 0 Å². The van der Waals surface area contributed by atoms with Crippen LogP contribution in [0.15, 0.2) is 5.38 Å². The van der Waals surface area contributed by atoms with Crippen LogP contribution in [0.25, 0.3) is 0 Å². The first-order valence-electron chi connectivity index (χ1n) is 7.09. The van der Waals surface area contributed by atoms with Crippen molar-refractivity contribution in [1.29, 1.82) is 0 Å². The van der Waals surface area contributed by atoms with E-state index in [9.17, 15) is 0 Å². The molecule has 3 nitrogen and oxygen atoms in total. The largest absolute Gasteiger partial charge is 0.368 e. The third-order valence-electron chi connectivity index (χ3n) is 4.32. The molecule has 2 aliphatic rings. The summed E-state index contributed by atoms with van der Waals surface area (Å²) in [7, 11) is 0. The quantitative estimate of drug-likeness (QED) is 0.840. The highest BCUT2D eigenvalue weighted by Gasteiger charge is 2.34. The number of hydrogen-bond acceptors (Lipinski definition) is 4. The van der Waals surface area contributed by atoms with E-state index in [0.29, 0.717) is 12.0 Å². The summed E-state index contributed by atoms with van der Waals surface area (Å²) in [6, 6.07) is 0.676. The van der Waals surface area contributed by atoms with E-state index >= 15 is 0 Å². The van der Waals surface area contributed by atoms with E-state index in [1.54, 1.807) is 11.3 Å². The predicted molar refractivity (Wildman–Crippen MR) is 74.1 cm³/mol. The van der Waals surface area contributed by atoms with Gasteiger partial charge in [-0.1, -0.05) is 13.8 Å². The molecule has 3 rings (SSSR count). The number of aromatic nitrogens is 1. The highest BCUT2D eigenvalue weighted by Crippen LogP contribution is 2.32. The molecule has 3 heterocycles. The van der Waals surface area contributed by atoms with Crippen LogP contribution in [-0.2, 0) is 4.74 Å². The Morgan fingerprint density at radius 3 is 3.33 bits per heavy atom. The molecule has 0 N–H and O–H groups in total. The average Bonchev–Trinajstić information content (AvgIpc) is 3.05. The summed E-state index contributed by atoms with van der Waals surface area (Å²) in [4.78, 5) is 7.37. The highest BCUT2D eigenvalue weighted by molar-refractivity contribution is 7.09. The van der Waals surface area contributed by atoms with Crippen molar-refractivity contribution in [2.24, 2.45) is 0 Å². The molecule has 4 heteroatoms. The average molecular weight is 266 g/mol. The Kier molecular flexibility index (Phi) is 3.68.